The maximum atomic E-state index is 13.5. The monoisotopic (exact) mass is 652 g/mol. The van der Waals surface area contributed by atoms with Crippen LogP contribution in [0.1, 0.15) is 35.3 Å². The Labute approximate surface area is 284 Å². The van der Waals surface area contributed by atoms with Crippen molar-refractivity contribution in [1.29, 1.82) is 0 Å². The number of hydrogen-bond acceptors (Lipinski definition) is 4. The first-order valence-electron chi connectivity index (χ1n) is 15.8. The molecule has 0 saturated carbocycles. The summed E-state index contributed by atoms with van der Waals surface area (Å²) in [5.74, 6) is -0.976. The summed E-state index contributed by atoms with van der Waals surface area (Å²) >= 11 is 1.39. The fraction of sp³-hybridized carbons (Fsp3) is 0.125. The lowest BCUT2D eigenvalue weighted by Gasteiger charge is -2.14. The molecule has 5 aromatic carbocycles. The molecule has 0 aliphatic rings. The van der Waals surface area contributed by atoms with Crippen molar-refractivity contribution in [2.75, 3.05) is 10.6 Å². The largest absolute Gasteiger partial charge is 0.341 e. The van der Waals surface area contributed by atoms with Crippen LogP contribution in [0.4, 0.5) is 11.4 Å². The number of benzene rings is 5. The van der Waals surface area contributed by atoms with Gasteiger partial charge in [0.05, 0.1) is 5.25 Å². The Kier molecular flexibility index (Phi) is 9.73. The molecule has 3 N–H and O–H groups in total. The van der Waals surface area contributed by atoms with E-state index in [2.05, 4.69) is 45.6 Å². The van der Waals surface area contributed by atoms with Crippen molar-refractivity contribution in [1.82, 2.24) is 9.88 Å². The van der Waals surface area contributed by atoms with Crippen molar-refractivity contribution < 1.29 is 14.4 Å². The van der Waals surface area contributed by atoms with E-state index in [-0.39, 0.29) is 17.5 Å². The molecule has 0 aliphatic carbocycles. The zero-order chi connectivity index (χ0) is 33.6. The second-order valence-electron chi connectivity index (χ2n) is 11.5. The Hall–Kier alpha value is -5.60. The molecule has 0 fully saturated rings. The lowest BCUT2D eigenvalue weighted by atomic mass is 10.1. The molecule has 0 saturated heterocycles. The number of aromatic nitrogens is 1. The topological polar surface area (TPSA) is 92.2 Å². The predicted molar refractivity (Wildman–Crippen MR) is 197 cm³/mol. The van der Waals surface area contributed by atoms with E-state index in [0.29, 0.717) is 11.3 Å². The number of hydrogen-bond donors (Lipinski definition) is 3. The van der Waals surface area contributed by atoms with Crippen LogP contribution >= 0.6 is 11.8 Å². The molecule has 240 valence electrons. The maximum absolute atomic E-state index is 13.5. The third-order valence-corrected chi connectivity index (χ3v) is 9.14. The molecule has 1 heterocycles. The molecule has 0 spiro atoms. The van der Waals surface area contributed by atoms with E-state index in [0.717, 1.165) is 44.5 Å². The van der Waals surface area contributed by atoms with Gasteiger partial charge in [-0.05, 0) is 87.0 Å². The highest BCUT2D eigenvalue weighted by atomic mass is 32.2. The maximum Gasteiger partial charge on any atom is 0.272 e. The molecule has 3 amide bonds. The Morgan fingerprint density at radius 1 is 0.750 bits per heavy atom. The van der Waals surface area contributed by atoms with E-state index in [1.807, 2.05) is 86.6 Å². The van der Waals surface area contributed by atoms with Gasteiger partial charge in [-0.1, -0.05) is 72.3 Å². The number of amides is 3. The van der Waals surface area contributed by atoms with Crippen LogP contribution in [0.3, 0.4) is 0 Å². The predicted octanol–water partition coefficient (Wildman–Crippen LogP) is 8.65. The SMILES string of the molecule is CCn1c2ccccc2c2cc(NC(=O)C(C)Sc3cccc(NC(=O)/C(=C/c4ccc(C)cc4)NC(=O)c4ccccc4)c3)ccc21. The summed E-state index contributed by atoms with van der Waals surface area (Å²) < 4.78 is 2.28. The fourth-order valence-corrected chi connectivity index (χ4v) is 6.52. The van der Waals surface area contributed by atoms with Gasteiger partial charge in [-0.15, -0.1) is 11.8 Å². The van der Waals surface area contributed by atoms with Crippen molar-refractivity contribution in [3.05, 3.63) is 144 Å². The summed E-state index contributed by atoms with van der Waals surface area (Å²) in [6.07, 6.45) is 1.65. The van der Waals surface area contributed by atoms with Crippen molar-refractivity contribution >= 4 is 68.7 Å². The molecule has 1 unspecified atom stereocenters. The first-order valence-corrected chi connectivity index (χ1v) is 16.7. The van der Waals surface area contributed by atoms with E-state index in [1.54, 1.807) is 36.4 Å². The van der Waals surface area contributed by atoms with Gasteiger partial charge >= 0.3 is 0 Å². The number of carbonyl (C=O) groups excluding carboxylic acids is 3. The minimum Gasteiger partial charge on any atom is -0.341 e. The number of thioether (sulfide) groups is 1. The second kappa shape index (κ2) is 14.4. The van der Waals surface area contributed by atoms with Crippen LogP contribution in [0.15, 0.2) is 132 Å². The third-order valence-electron chi connectivity index (χ3n) is 8.05. The van der Waals surface area contributed by atoms with Crippen LogP contribution in [-0.4, -0.2) is 27.5 Å². The summed E-state index contributed by atoms with van der Waals surface area (Å²) in [7, 11) is 0. The molecular formula is C40H36N4O3S. The molecule has 48 heavy (non-hydrogen) atoms. The molecule has 0 radical (unpaired) electrons. The van der Waals surface area contributed by atoms with Gasteiger partial charge in [0.15, 0.2) is 0 Å². The smallest absolute Gasteiger partial charge is 0.272 e. The Morgan fingerprint density at radius 3 is 2.23 bits per heavy atom. The van der Waals surface area contributed by atoms with Gasteiger partial charge in [-0.2, -0.15) is 0 Å². The summed E-state index contributed by atoms with van der Waals surface area (Å²) in [5, 5.41) is 10.6. The van der Waals surface area contributed by atoms with Gasteiger partial charge < -0.3 is 20.5 Å². The standard InChI is InChI=1S/C40H36N4O3S/c1-4-44-36-16-9-8-15-33(36)34-25-31(21-22-37(34)44)41-38(45)27(3)48-32-14-10-13-30(24-32)42-40(47)35(23-28-19-17-26(2)18-20-28)43-39(46)29-11-6-5-7-12-29/h5-25,27H,4H2,1-3H3,(H,41,45)(H,42,47)(H,43,46)/b35-23-. The lowest BCUT2D eigenvalue weighted by molar-refractivity contribution is -0.115. The summed E-state index contributed by atoms with van der Waals surface area (Å²) in [6.45, 7) is 6.83. The van der Waals surface area contributed by atoms with Crippen LogP contribution in [-0.2, 0) is 16.1 Å². The zero-order valence-corrected chi connectivity index (χ0v) is 27.8. The van der Waals surface area contributed by atoms with Crippen LogP contribution in [0.2, 0.25) is 0 Å². The average Bonchev–Trinajstić information content (AvgIpc) is 3.42. The van der Waals surface area contributed by atoms with Crippen LogP contribution in [0, 0.1) is 6.92 Å². The van der Waals surface area contributed by atoms with E-state index < -0.39 is 11.2 Å². The highest BCUT2D eigenvalue weighted by Crippen LogP contribution is 2.32. The van der Waals surface area contributed by atoms with Crippen molar-refractivity contribution in [3.63, 3.8) is 0 Å². The Balaban J connectivity index is 1.15. The van der Waals surface area contributed by atoms with E-state index in [4.69, 9.17) is 0 Å². The average molecular weight is 653 g/mol. The molecule has 0 bridgehead atoms. The van der Waals surface area contributed by atoms with Gasteiger partial charge in [0, 0.05) is 50.2 Å². The molecule has 8 heteroatoms. The third kappa shape index (κ3) is 7.35. The van der Waals surface area contributed by atoms with E-state index in [1.165, 1.54) is 17.3 Å². The molecular weight excluding hydrogens is 617 g/mol. The molecule has 1 aromatic heterocycles. The van der Waals surface area contributed by atoms with Crippen LogP contribution in [0.5, 0.6) is 0 Å². The quantitative estimate of drug-likeness (QED) is 0.102. The molecule has 6 aromatic rings. The highest BCUT2D eigenvalue weighted by Gasteiger charge is 2.18. The molecule has 7 nitrogen and oxygen atoms in total. The summed E-state index contributed by atoms with van der Waals surface area (Å²) in [6, 6.07) is 38.1. The van der Waals surface area contributed by atoms with Gasteiger partial charge in [0.25, 0.3) is 11.8 Å². The van der Waals surface area contributed by atoms with Crippen molar-refractivity contribution in [2.24, 2.45) is 0 Å². The number of anilines is 2. The van der Waals surface area contributed by atoms with Gasteiger partial charge in [-0.25, -0.2) is 0 Å². The Morgan fingerprint density at radius 2 is 1.46 bits per heavy atom. The van der Waals surface area contributed by atoms with Gasteiger partial charge in [0.1, 0.15) is 5.70 Å². The number of nitrogens with zero attached hydrogens (tertiary/aromatic N) is 1. The number of aryl methyl sites for hydroxylation is 2. The number of para-hydroxylation sites is 1. The number of carbonyl (C=O) groups is 3. The normalized spacial score (nSPS) is 12.1. The minimum absolute atomic E-state index is 0.109. The molecule has 6 rings (SSSR count). The van der Waals surface area contributed by atoms with Crippen molar-refractivity contribution in [2.45, 2.75) is 37.5 Å². The first kappa shape index (κ1) is 32.3. The Bertz CT molecular complexity index is 2150. The lowest BCUT2D eigenvalue weighted by Crippen LogP contribution is -2.30. The van der Waals surface area contributed by atoms with Gasteiger partial charge in [-0.3, -0.25) is 14.4 Å². The zero-order valence-electron chi connectivity index (χ0n) is 27.0. The van der Waals surface area contributed by atoms with E-state index >= 15 is 0 Å². The minimum atomic E-state index is -0.465. The first-order chi connectivity index (χ1) is 23.3. The van der Waals surface area contributed by atoms with E-state index in [9.17, 15) is 14.4 Å². The summed E-state index contributed by atoms with van der Waals surface area (Å²) in [4.78, 5) is 40.6. The van der Waals surface area contributed by atoms with Crippen molar-refractivity contribution in [3.8, 4) is 0 Å². The molecule has 0 aliphatic heterocycles. The summed E-state index contributed by atoms with van der Waals surface area (Å²) in [5.41, 5.74) is 6.00. The fourth-order valence-electron chi connectivity index (χ4n) is 5.59. The molecule has 1 atom stereocenters. The number of nitrogens with one attached hydrogen (secondary N) is 3. The number of fused-ring (bicyclic) bond motifs is 3. The van der Waals surface area contributed by atoms with Crippen LogP contribution in [0.25, 0.3) is 27.9 Å². The van der Waals surface area contributed by atoms with Crippen LogP contribution < -0.4 is 16.0 Å². The number of rotatable bonds is 10. The second-order valence-corrected chi connectivity index (χ2v) is 12.9. The highest BCUT2D eigenvalue weighted by molar-refractivity contribution is 8.00. The van der Waals surface area contributed by atoms with Gasteiger partial charge in [0.2, 0.25) is 5.91 Å².